The number of piperidine rings is 1. The zero-order valence-corrected chi connectivity index (χ0v) is 13.4. The number of carbonyl (C=O) groups excluding carboxylic acids is 1. The van der Waals surface area contributed by atoms with E-state index in [0.29, 0.717) is 6.61 Å². The third-order valence-electron chi connectivity index (χ3n) is 4.83. The van der Waals surface area contributed by atoms with E-state index in [0.717, 1.165) is 64.1 Å². The van der Waals surface area contributed by atoms with E-state index in [1.807, 2.05) is 6.92 Å². The van der Waals surface area contributed by atoms with Gasteiger partial charge in [-0.3, -0.25) is 4.90 Å². The van der Waals surface area contributed by atoms with E-state index in [-0.39, 0.29) is 12.1 Å². The lowest BCUT2D eigenvalue weighted by molar-refractivity contribution is -0.0403. The van der Waals surface area contributed by atoms with Gasteiger partial charge in [0.1, 0.15) is 0 Å². The second kappa shape index (κ2) is 7.45. The molecule has 1 heterocycles. The Kier molecular flexibility index (Phi) is 5.88. The molecule has 1 aliphatic carbocycles. The van der Waals surface area contributed by atoms with Gasteiger partial charge in [-0.15, -0.1) is 0 Å². The monoisotopic (exact) mass is 298 g/mol. The second-order valence-corrected chi connectivity index (χ2v) is 6.85. The number of amides is 1. The minimum Gasteiger partial charge on any atom is -0.450 e. The number of alkyl carbamates (subject to hydrolysis) is 1. The Morgan fingerprint density at radius 3 is 2.76 bits per heavy atom. The highest BCUT2D eigenvalue weighted by atomic mass is 16.5. The lowest BCUT2D eigenvalue weighted by Gasteiger charge is -2.41. The van der Waals surface area contributed by atoms with Crippen LogP contribution >= 0.6 is 0 Å². The van der Waals surface area contributed by atoms with Gasteiger partial charge in [-0.1, -0.05) is 6.92 Å². The van der Waals surface area contributed by atoms with E-state index in [4.69, 9.17) is 4.74 Å². The predicted octanol–water partition coefficient (Wildman–Crippen LogP) is 2.14. The molecule has 5 nitrogen and oxygen atoms in total. The SMILES string of the molecule is CCOC(=O)NC1CCCN(CC2(O)CCC(C)CC2)C1. The summed E-state index contributed by atoms with van der Waals surface area (Å²) in [6.45, 7) is 7.04. The number of nitrogens with one attached hydrogen (secondary N) is 1. The molecule has 2 fully saturated rings. The van der Waals surface area contributed by atoms with Gasteiger partial charge >= 0.3 is 6.09 Å². The summed E-state index contributed by atoms with van der Waals surface area (Å²) in [4.78, 5) is 13.8. The van der Waals surface area contributed by atoms with Crippen LogP contribution in [0.1, 0.15) is 52.4 Å². The molecule has 0 radical (unpaired) electrons. The minimum absolute atomic E-state index is 0.143. The zero-order valence-electron chi connectivity index (χ0n) is 13.4. The fourth-order valence-electron chi connectivity index (χ4n) is 3.53. The number of hydrogen-bond donors (Lipinski definition) is 2. The van der Waals surface area contributed by atoms with E-state index in [1.165, 1.54) is 0 Å². The summed E-state index contributed by atoms with van der Waals surface area (Å²) in [5.74, 6) is 0.741. The molecule has 1 saturated heterocycles. The number of carbonyl (C=O) groups is 1. The molecule has 5 heteroatoms. The van der Waals surface area contributed by atoms with Gasteiger partial charge in [-0.05, 0) is 57.9 Å². The van der Waals surface area contributed by atoms with Crippen LogP contribution in [0.5, 0.6) is 0 Å². The highest BCUT2D eigenvalue weighted by Crippen LogP contribution is 2.32. The molecule has 2 aliphatic rings. The Morgan fingerprint density at radius 2 is 2.10 bits per heavy atom. The van der Waals surface area contributed by atoms with Crippen molar-refractivity contribution in [1.82, 2.24) is 10.2 Å². The van der Waals surface area contributed by atoms with Crippen molar-refractivity contribution < 1.29 is 14.6 Å². The standard InChI is InChI=1S/C16H30N2O3/c1-3-21-15(19)17-14-5-4-10-18(11-14)12-16(20)8-6-13(2)7-9-16/h13-14,20H,3-12H2,1-2H3,(H,17,19). The highest BCUT2D eigenvalue weighted by molar-refractivity contribution is 5.67. The maximum Gasteiger partial charge on any atom is 0.407 e. The van der Waals surface area contributed by atoms with Gasteiger partial charge in [-0.25, -0.2) is 4.79 Å². The number of aliphatic hydroxyl groups is 1. The molecule has 1 aliphatic heterocycles. The first kappa shape index (κ1) is 16.6. The number of β-amino-alcohol motifs (C(OH)–C–C–N with tert-alkyl or cyclic N) is 1. The molecule has 1 atom stereocenters. The molecule has 0 aromatic rings. The van der Waals surface area contributed by atoms with Crippen molar-refractivity contribution in [3.63, 3.8) is 0 Å². The van der Waals surface area contributed by atoms with Crippen LogP contribution in [0.2, 0.25) is 0 Å². The summed E-state index contributed by atoms with van der Waals surface area (Å²) < 4.78 is 4.94. The molecule has 1 amide bonds. The largest absolute Gasteiger partial charge is 0.450 e. The Labute approximate surface area is 128 Å². The van der Waals surface area contributed by atoms with Gasteiger partial charge in [0.05, 0.1) is 12.2 Å². The lowest BCUT2D eigenvalue weighted by Crippen LogP contribution is -2.53. The van der Waals surface area contributed by atoms with Crippen molar-refractivity contribution in [1.29, 1.82) is 0 Å². The van der Waals surface area contributed by atoms with E-state index < -0.39 is 5.60 Å². The van der Waals surface area contributed by atoms with Crippen molar-refractivity contribution >= 4 is 6.09 Å². The Morgan fingerprint density at radius 1 is 1.38 bits per heavy atom. The third-order valence-corrected chi connectivity index (χ3v) is 4.83. The minimum atomic E-state index is -0.529. The number of ether oxygens (including phenoxy) is 1. The van der Waals surface area contributed by atoms with Gasteiger partial charge in [0.15, 0.2) is 0 Å². The fraction of sp³-hybridized carbons (Fsp3) is 0.938. The van der Waals surface area contributed by atoms with Crippen molar-refractivity contribution in [2.75, 3.05) is 26.2 Å². The van der Waals surface area contributed by atoms with Crippen LogP contribution in [-0.4, -0.2) is 54.0 Å². The van der Waals surface area contributed by atoms with E-state index >= 15 is 0 Å². The molecule has 0 aromatic carbocycles. The molecule has 0 bridgehead atoms. The van der Waals surface area contributed by atoms with Crippen molar-refractivity contribution in [3.05, 3.63) is 0 Å². The van der Waals surface area contributed by atoms with Crippen LogP contribution in [0.4, 0.5) is 4.79 Å². The first-order chi connectivity index (χ1) is 10.0. The topological polar surface area (TPSA) is 61.8 Å². The van der Waals surface area contributed by atoms with E-state index in [9.17, 15) is 9.90 Å². The molecule has 1 saturated carbocycles. The van der Waals surface area contributed by atoms with Crippen LogP contribution < -0.4 is 5.32 Å². The number of hydrogen-bond acceptors (Lipinski definition) is 4. The Hall–Kier alpha value is -0.810. The third kappa shape index (κ3) is 5.15. The van der Waals surface area contributed by atoms with E-state index in [2.05, 4.69) is 17.1 Å². The number of nitrogens with zero attached hydrogens (tertiary/aromatic N) is 1. The number of likely N-dealkylation sites (tertiary alicyclic amines) is 1. The van der Waals surface area contributed by atoms with Crippen molar-refractivity contribution in [2.45, 2.75) is 64.0 Å². The van der Waals surface area contributed by atoms with Gasteiger partial charge in [0, 0.05) is 19.1 Å². The van der Waals surface area contributed by atoms with Gasteiger partial charge in [-0.2, -0.15) is 0 Å². The Balaban J connectivity index is 1.79. The predicted molar refractivity (Wildman–Crippen MR) is 82.2 cm³/mol. The van der Waals surface area contributed by atoms with Crippen molar-refractivity contribution in [3.8, 4) is 0 Å². The maximum atomic E-state index is 11.5. The van der Waals surface area contributed by atoms with Gasteiger partial charge in [0.2, 0.25) is 0 Å². The van der Waals surface area contributed by atoms with Gasteiger partial charge in [0.25, 0.3) is 0 Å². The Bertz CT molecular complexity index is 340. The maximum absolute atomic E-state index is 11.5. The molecule has 1 unspecified atom stereocenters. The average molecular weight is 298 g/mol. The molecular weight excluding hydrogens is 268 g/mol. The summed E-state index contributed by atoms with van der Waals surface area (Å²) in [6.07, 6.45) is 5.77. The molecule has 2 rings (SSSR count). The average Bonchev–Trinajstić information content (AvgIpc) is 2.43. The van der Waals surface area contributed by atoms with Crippen molar-refractivity contribution in [2.24, 2.45) is 5.92 Å². The normalized spacial score (nSPS) is 34.4. The molecule has 122 valence electrons. The fourth-order valence-corrected chi connectivity index (χ4v) is 3.53. The quantitative estimate of drug-likeness (QED) is 0.835. The van der Waals surface area contributed by atoms with E-state index in [1.54, 1.807) is 0 Å². The number of rotatable bonds is 4. The summed E-state index contributed by atoms with van der Waals surface area (Å²) in [6, 6.07) is 0.143. The molecule has 0 aromatic heterocycles. The summed E-state index contributed by atoms with van der Waals surface area (Å²) in [5.41, 5.74) is -0.529. The summed E-state index contributed by atoms with van der Waals surface area (Å²) in [7, 11) is 0. The molecule has 2 N–H and O–H groups in total. The van der Waals surface area contributed by atoms with Crippen LogP contribution in [0, 0.1) is 5.92 Å². The first-order valence-electron chi connectivity index (χ1n) is 8.39. The summed E-state index contributed by atoms with van der Waals surface area (Å²) in [5, 5.41) is 13.7. The smallest absolute Gasteiger partial charge is 0.407 e. The lowest BCUT2D eigenvalue weighted by atomic mass is 9.79. The van der Waals surface area contributed by atoms with Crippen LogP contribution in [0.25, 0.3) is 0 Å². The highest BCUT2D eigenvalue weighted by Gasteiger charge is 2.35. The van der Waals surface area contributed by atoms with Crippen LogP contribution in [-0.2, 0) is 4.74 Å². The zero-order chi connectivity index (χ0) is 15.3. The van der Waals surface area contributed by atoms with Crippen LogP contribution in [0.15, 0.2) is 0 Å². The second-order valence-electron chi connectivity index (χ2n) is 6.85. The van der Waals surface area contributed by atoms with Gasteiger partial charge < -0.3 is 15.2 Å². The first-order valence-corrected chi connectivity index (χ1v) is 8.39. The molecule has 21 heavy (non-hydrogen) atoms. The molecular formula is C16H30N2O3. The summed E-state index contributed by atoms with van der Waals surface area (Å²) >= 11 is 0. The van der Waals surface area contributed by atoms with Crippen LogP contribution in [0.3, 0.4) is 0 Å². The molecule has 0 spiro atoms.